The van der Waals surface area contributed by atoms with Gasteiger partial charge >= 0.3 is 12.1 Å². The molecule has 7 nitrogen and oxygen atoms in total. The number of ether oxygens (including phenoxy) is 2. The first-order valence-electron chi connectivity index (χ1n) is 6.82. The Balaban J connectivity index is 2.01. The second-order valence-corrected chi connectivity index (χ2v) is 5.92. The van der Waals surface area contributed by atoms with E-state index >= 15 is 0 Å². The Kier molecular flexibility index (Phi) is 8.49. The van der Waals surface area contributed by atoms with Gasteiger partial charge in [0.15, 0.2) is 8.38 Å². The number of nitrogens with one attached hydrogen (secondary N) is 1. The molecule has 0 aliphatic heterocycles. The van der Waals surface area contributed by atoms with E-state index in [9.17, 15) is 9.59 Å². The summed E-state index contributed by atoms with van der Waals surface area (Å²) in [7, 11) is -1.92. The lowest BCUT2D eigenvalue weighted by Gasteiger charge is -2.19. The lowest BCUT2D eigenvalue weighted by Crippen LogP contribution is -2.28. The predicted octanol–water partition coefficient (Wildman–Crippen LogP) is 1.48. The fraction of sp³-hybridized carbons (Fsp3) is 0.833. The summed E-state index contributed by atoms with van der Waals surface area (Å²) in [5.41, 5.74) is 0. The van der Waals surface area contributed by atoms with Crippen molar-refractivity contribution in [2.24, 2.45) is 5.92 Å². The lowest BCUT2D eigenvalue weighted by molar-refractivity contribution is -0.157. The molecule has 1 aliphatic rings. The quantitative estimate of drug-likeness (QED) is 0.285. The Labute approximate surface area is 119 Å². The Morgan fingerprint density at radius 1 is 1.15 bits per heavy atom. The molecule has 0 unspecified atom stereocenters. The summed E-state index contributed by atoms with van der Waals surface area (Å²) in [6.45, 7) is -0.0940. The van der Waals surface area contributed by atoms with Gasteiger partial charge in [-0.3, -0.25) is 4.79 Å². The van der Waals surface area contributed by atoms with E-state index in [1.54, 1.807) is 0 Å². The molecule has 1 fully saturated rings. The summed E-state index contributed by atoms with van der Waals surface area (Å²) >= 11 is 0. The number of rotatable bonds is 7. The van der Waals surface area contributed by atoms with Crippen molar-refractivity contribution in [2.75, 3.05) is 19.5 Å². The maximum atomic E-state index is 11.6. The molecule has 0 aromatic heterocycles. The molecule has 0 atom stereocenters. The maximum Gasteiger partial charge on any atom is 0.410 e. The Bertz CT molecular complexity index is 306. The van der Waals surface area contributed by atoms with E-state index in [-0.39, 0.29) is 31.4 Å². The molecule has 0 heterocycles. The topological polar surface area (TPSA) is 105 Å². The van der Waals surface area contributed by atoms with Crippen molar-refractivity contribution in [3.8, 4) is 0 Å². The molecule has 116 valence electrons. The van der Waals surface area contributed by atoms with E-state index in [0.29, 0.717) is 6.42 Å². The fourth-order valence-corrected chi connectivity index (χ4v) is 2.50. The molecule has 1 saturated carbocycles. The zero-order valence-corrected chi connectivity index (χ0v) is 12.3. The van der Waals surface area contributed by atoms with Crippen molar-refractivity contribution < 1.29 is 28.8 Å². The molecule has 8 heteroatoms. The van der Waals surface area contributed by atoms with Crippen LogP contribution in [-0.2, 0) is 14.3 Å². The van der Waals surface area contributed by atoms with Gasteiger partial charge in [-0.05, 0) is 19.3 Å². The largest absolute Gasteiger partial charge is 0.428 e. The van der Waals surface area contributed by atoms with E-state index in [1.807, 2.05) is 0 Å². The molecular weight excluding hydrogens is 285 g/mol. The van der Waals surface area contributed by atoms with E-state index in [4.69, 9.17) is 19.3 Å². The number of hydrogen-bond acceptors (Lipinski definition) is 6. The summed E-state index contributed by atoms with van der Waals surface area (Å²) < 4.78 is 9.60. The molecule has 20 heavy (non-hydrogen) atoms. The normalized spacial score (nSPS) is 15.9. The SMILES string of the molecule is O=C(NCCCP(O)O)OCOC(=O)C1CCCCC1. The fourth-order valence-electron chi connectivity index (χ4n) is 2.06. The highest BCUT2D eigenvalue weighted by Crippen LogP contribution is 2.24. The van der Waals surface area contributed by atoms with Gasteiger partial charge in [0.25, 0.3) is 0 Å². The number of carbonyl (C=O) groups is 2. The van der Waals surface area contributed by atoms with Crippen LogP contribution < -0.4 is 5.32 Å². The number of alkyl carbamates (subject to hydrolysis) is 1. The molecule has 1 rings (SSSR count). The van der Waals surface area contributed by atoms with Crippen molar-refractivity contribution in [3.05, 3.63) is 0 Å². The zero-order chi connectivity index (χ0) is 14.8. The minimum atomic E-state index is -1.92. The van der Waals surface area contributed by atoms with Crippen molar-refractivity contribution in [2.45, 2.75) is 38.5 Å². The molecular formula is C12H22NO6P. The minimum absolute atomic E-state index is 0.0660. The van der Waals surface area contributed by atoms with Crippen LogP contribution >= 0.6 is 8.38 Å². The average Bonchev–Trinajstić information content (AvgIpc) is 2.44. The smallest absolute Gasteiger partial charge is 0.410 e. The summed E-state index contributed by atoms with van der Waals surface area (Å²) in [5.74, 6) is -0.368. The molecule has 1 amide bonds. The highest BCUT2D eigenvalue weighted by atomic mass is 31.2. The second kappa shape index (κ2) is 9.91. The monoisotopic (exact) mass is 307 g/mol. The third-order valence-corrected chi connectivity index (χ3v) is 3.85. The molecule has 3 N–H and O–H groups in total. The van der Waals surface area contributed by atoms with Crippen LogP contribution in [0.4, 0.5) is 4.79 Å². The van der Waals surface area contributed by atoms with E-state index < -0.39 is 14.5 Å². The number of esters is 1. The highest BCUT2D eigenvalue weighted by molar-refractivity contribution is 7.45. The zero-order valence-electron chi connectivity index (χ0n) is 11.4. The van der Waals surface area contributed by atoms with Crippen molar-refractivity contribution in [3.63, 3.8) is 0 Å². The van der Waals surface area contributed by atoms with Crippen LogP contribution in [0.1, 0.15) is 38.5 Å². The van der Waals surface area contributed by atoms with E-state index in [0.717, 1.165) is 32.1 Å². The van der Waals surface area contributed by atoms with Crippen LogP contribution in [0, 0.1) is 5.92 Å². The van der Waals surface area contributed by atoms with Gasteiger partial charge in [-0.1, -0.05) is 19.3 Å². The van der Waals surface area contributed by atoms with Gasteiger partial charge in [0.05, 0.1) is 5.92 Å². The number of hydrogen-bond donors (Lipinski definition) is 3. The molecule has 0 aromatic rings. The Morgan fingerprint density at radius 2 is 1.85 bits per heavy atom. The lowest BCUT2D eigenvalue weighted by atomic mass is 9.89. The van der Waals surface area contributed by atoms with Gasteiger partial charge in [-0.25, -0.2) is 4.79 Å². The van der Waals surface area contributed by atoms with Crippen LogP contribution in [-0.4, -0.2) is 41.3 Å². The third kappa shape index (κ3) is 7.62. The van der Waals surface area contributed by atoms with Gasteiger partial charge in [0.2, 0.25) is 6.79 Å². The van der Waals surface area contributed by atoms with Gasteiger partial charge in [-0.2, -0.15) is 0 Å². The molecule has 1 aliphatic carbocycles. The van der Waals surface area contributed by atoms with Crippen LogP contribution in [0.3, 0.4) is 0 Å². The van der Waals surface area contributed by atoms with E-state index in [2.05, 4.69) is 5.32 Å². The van der Waals surface area contributed by atoms with Crippen LogP contribution in [0.15, 0.2) is 0 Å². The van der Waals surface area contributed by atoms with Gasteiger partial charge in [0, 0.05) is 12.7 Å². The van der Waals surface area contributed by atoms with E-state index in [1.165, 1.54) is 0 Å². The molecule has 0 bridgehead atoms. The first kappa shape index (κ1) is 17.1. The number of amides is 1. The molecule has 0 radical (unpaired) electrons. The van der Waals surface area contributed by atoms with Crippen LogP contribution in [0.25, 0.3) is 0 Å². The first-order valence-corrected chi connectivity index (χ1v) is 8.25. The Morgan fingerprint density at radius 3 is 2.50 bits per heavy atom. The molecule has 0 aromatic carbocycles. The second-order valence-electron chi connectivity index (χ2n) is 4.72. The van der Waals surface area contributed by atoms with Crippen LogP contribution in [0.2, 0.25) is 0 Å². The molecule has 0 saturated heterocycles. The Hall–Kier alpha value is -0.910. The average molecular weight is 307 g/mol. The van der Waals surface area contributed by atoms with Crippen molar-refractivity contribution >= 4 is 20.4 Å². The predicted molar refractivity (Wildman–Crippen MR) is 72.9 cm³/mol. The third-order valence-electron chi connectivity index (χ3n) is 3.13. The first-order chi connectivity index (χ1) is 9.59. The standard InChI is InChI=1S/C12H22NO6P/c14-11(10-5-2-1-3-6-10)18-9-19-12(15)13-7-4-8-20(16)17/h10,16-17H,1-9H2,(H,13,15). The van der Waals surface area contributed by atoms with Gasteiger partial charge in [-0.15, -0.1) is 0 Å². The molecule has 0 spiro atoms. The summed E-state index contributed by atoms with van der Waals surface area (Å²) in [6, 6.07) is 0. The summed E-state index contributed by atoms with van der Waals surface area (Å²) in [5, 5.41) is 2.43. The van der Waals surface area contributed by atoms with Gasteiger partial charge in [0.1, 0.15) is 0 Å². The summed E-state index contributed by atoms with van der Waals surface area (Å²) in [4.78, 5) is 40.2. The summed E-state index contributed by atoms with van der Waals surface area (Å²) in [6.07, 6.45) is 4.95. The van der Waals surface area contributed by atoms with Crippen molar-refractivity contribution in [1.82, 2.24) is 5.32 Å². The number of carbonyl (C=O) groups excluding carboxylic acids is 2. The highest BCUT2D eigenvalue weighted by Gasteiger charge is 2.22. The minimum Gasteiger partial charge on any atom is -0.428 e. The maximum absolute atomic E-state index is 11.6. The van der Waals surface area contributed by atoms with Crippen molar-refractivity contribution in [1.29, 1.82) is 0 Å². The van der Waals surface area contributed by atoms with Crippen LogP contribution in [0.5, 0.6) is 0 Å². The van der Waals surface area contributed by atoms with Gasteiger partial charge < -0.3 is 24.6 Å².